The van der Waals surface area contributed by atoms with Gasteiger partial charge < -0.3 is 5.11 Å². The highest BCUT2D eigenvalue weighted by Gasteiger charge is 2.23. The van der Waals surface area contributed by atoms with Gasteiger partial charge >= 0.3 is 0 Å². The molecule has 6 heteroatoms. The van der Waals surface area contributed by atoms with E-state index in [4.69, 9.17) is 0 Å². The number of aliphatic hydroxyl groups excluding tert-OH is 1. The number of rotatable bonds is 5. The quantitative estimate of drug-likeness (QED) is 0.698. The Morgan fingerprint density at radius 1 is 1.50 bits per heavy atom. The van der Waals surface area contributed by atoms with E-state index in [2.05, 4.69) is 9.62 Å². The van der Waals surface area contributed by atoms with E-state index in [1.54, 1.807) is 6.92 Å². The zero-order valence-electron chi connectivity index (χ0n) is 10.0. The van der Waals surface area contributed by atoms with Gasteiger partial charge in [-0.05, 0) is 25.8 Å². The molecule has 0 amide bonds. The van der Waals surface area contributed by atoms with Crippen molar-refractivity contribution in [1.29, 1.82) is 0 Å². The molecule has 2 unspecified atom stereocenters. The lowest BCUT2D eigenvalue weighted by molar-refractivity contribution is 0.0303. The zero-order chi connectivity index (χ0) is 12.2. The van der Waals surface area contributed by atoms with E-state index < -0.39 is 10.0 Å². The van der Waals surface area contributed by atoms with Crippen molar-refractivity contribution in [2.45, 2.75) is 26.4 Å². The second-order valence-electron chi connectivity index (χ2n) is 4.43. The summed E-state index contributed by atoms with van der Waals surface area (Å²) in [5, 5.41) is 9.67. The normalized spacial score (nSPS) is 28.2. The van der Waals surface area contributed by atoms with Crippen molar-refractivity contribution in [2.24, 2.45) is 5.92 Å². The van der Waals surface area contributed by atoms with Gasteiger partial charge in [-0.15, -0.1) is 0 Å². The average Bonchev–Trinajstić information content (AvgIpc) is 2.23. The molecule has 1 saturated heterocycles. The summed E-state index contributed by atoms with van der Waals surface area (Å²) < 4.78 is 24.9. The minimum Gasteiger partial charge on any atom is -0.392 e. The van der Waals surface area contributed by atoms with E-state index in [1.807, 2.05) is 6.92 Å². The van der Waals surface area contributed by atoms with Gasteiger partial charge in [0.05, 0.1) is 11.9 Å². The van der Waals surface area contributed by atoms with Gasteiger partial charge in [0, 0.05) is 19.6 Å². The molecule has 0 spiro atoms. The summed E-state index contributed by atoms with van der Waals surface area (Å²) >= 11 is 0. The fourth-order valence-corrected chi connectivity index (χ4v) is 2.39. The topological polar surface area (TPSA) is 69.6 Å². The van der Waals surface area contributed by atoms with Crippen molar-refractivity contribution >= 4 is 10.0 Å². The van der Waals surface area contributed by atoms with Crippen LogP contribution in [0.2, 0.25) is 0 Å². The van der Waals surface area contributed by atoms with Crippen LogP contribution < -0.4 is 4.72 Å². The molecule has 5 nitrogen and oxygen atoms in total. The lowest BCUT2D eigenvalue weighted by Gasteiger charge is -2.34. The first-order valence-corrected chi connectivity index (χ1v) is 7.47. The molecule has 1 rings (SSSR count). The Morgan fingerprint density at radius 3 is 2.75 bits per heavy atom. The molecule has 0 aromatic rings. The summed E-state index contributed by atoms with van der Waals surface area (Å²) in [5.74, 6) is 0.468. The van der Waals surface area contributed by atoms with E-state index in [9.17, 15) is 13.5 Å². The van der Waals surface area contributed by atoms with E-state index in [0.29, 0.717) is 25.6 Å². The maximum absolute atomic E-state index is 11.2. The standard InChI is InChI=1S/C10H22N2O3S/c1-3-16(14,15)11-5-7-12-6-4-9(2)10(13)8-12/h9-11,13H,3-8H2,1-2H3. The van der Waals surface area contributed by atoms with Gasteiger partial charge in [-0.3, -0.25) is 4.90 Å². The molecule has 2 atom stereocenters. The molecule has 1 aliphatic rings. The van der Waals surface area contributed by atoms with Crippen molar-refractivity contribution in [1.82, 2.24) is 9.62 Å². The van der Waals surface area contributed by atoms with Crippen molar-refractivity contribution in [3.05, 3.63) is 0 Å². The van der Waals surface area contributed by atoms with E-state index in [1.165, 1.54) is 0 Å². The highest BCUT2D eigenvalue weighted by molar-refractivity contribution is 7.89. The SMILES string of the molecule is CCS(=O)(=O)NCCN1CCC(C)C(O)C1. The second kappa shape index (κ2) is 5.95. The summed E-state index contributed by atoms with van der Waals surface area (Å²) in [4.78, 5) is 2.10. The number of hydrogen-bond acceptors (Lipinski definition) is 4. The average molecular weight is 250 g/mol. The van der Waals surface area contributed by atoms with Crippen LogP contribution in [0.1, 0.15) is 20.3 Å². The van der Waals surface area contributed by atoms with Crippen LogP contribution in [-0.4, -0.2) is 56.5 Å². The summed E-state index contributed by atoms with van der Waals surface area (Å²) in [5.41, 5.74) is 0. The van der Waals surface area contributed by atoms with E-state index >= 15 is 0 Å². The van der Waals surface area contributed by atoms with Crippen LogP contribution in [0, 0.1) is 5.92 Å². The van der Waals surface area contributed by atoms with Gasteiger partial charge in [0.1, 0.15) is 0 Å². The largest absolute Gasteiger partial charge is 0.392 e. The monoisotopic (exact) mass is 250 g/mol. The molecule has 16 heavy (non-hydrogen) atoms. The molecule has 0 radical (unpaired) electrons. The third-order valence-corrected chi connectivity index (χ3v) is 4.54. The molecule has 0 aromatic heterocycles. The second-order valence-corrected chi connectivity index (χ2v) is 6.53. The van der Waals surface area contributed by atoms with Crippen molar-refractivity contribution < 1.29 is 13.5 Å². The number of aliphatic hydroxyl groups is 1. The highest BCUT2D eigenvalue weighted by atomic mass is 32.2. The van der Waals surface area contributed by atoms with Gasteiger partial charge in [-0.1, -0.05) is 6.92 Å². The zero-order valence-corrected chi connectivity index (χ0v) is 10.8. The Labute approximate surface area is 97.9 Å². The van der Waals surface area contributed by atoms with Crippen LogP contribution in [0.15, 0.2) is 0 Å². The summed E-state index contributed by atoms with van der Waals surface area (Å²) in [6.45, 7) is 6.35. The third-order valence-electron chi connectivity index (χ3n) is 3.13. The predicted molar refractivity (Wildman–Crippen MR) is 63.7 cm³/mol. The Balaban J connectivity index is 2.24. The molecule has 0 aliphatic carbocycles. The molecule has 0 bridgehead atoms. The van der Waals surface area contributed by atoms with Crippen LogP contribution in [0.3, 0.4) is 0 Å². The molecule has 0 saturated carbocycles. The first kappa shape index (κ1) is 13.9. The molecular weight excluding hydrogens is 228 g/mol. The van der Waals surface area contributed by atoms with Gasteiger partial charge in [0.2, 0.25) is 10.0 Å². The van der Waals surface area contributed by atoms with Crippen molar-refractivity contribution in [2.75, 3.05) is 31.9 Å². The van der Waals surface area contributed by atoms with Crippen molar-refractivity contribution in [3.63, 3.8) is 0 Å². The number of nitrogens with zero attached hydrogens (tertiary/aromatic N) is 1. The van der Waals surface area contributed by atoms with Crippen LogP contribution >= 0.6 is 0 Å². The Morgan fingerprint density at radius 2 is 2.19 bits per heavy atom. The minimum atomic E-state index is -3.08. The molecule has 96 valence electrons. The summed E-state index contributed by atoms with van der Waals surface area (Å²) in [7, 11) is -3.08. The molecule has 1 fully saturated rings. The minimum absolute atomic E-state index is 0.118. The molecule has 1 heterocycles. The smallest absolute Gasteiger partial charge is 0.211 e. The lowest BCUT2D eigenvalue weighted by Crippen LogP contribution is -2.45. The van der Waals surface area contributed by atoms with Crippen LogP contribution in [0.4, 0.5) is 0 Å². The Hall–Kier alpha value is -0.170. The summed E-state index contributed by atoms with van der Waals surface area (Å²) in [6.07, 6.45) is 0.693. The highest BCUT2D eigenvalue weighted by Crippen LogP contribution is 2.16. The predicted octanol–water partition coefficient (Wildman–Crippen LogP) is -0.372. The van der Waals surface area contributed by atoms with Crippen molar-refractivity contribution in [3.8, 4) is 0 Å². The number of sulfonamides is 1. The first-order chi connectivity index (χ1) is 7.44. The van der Waals surface area contributed by atoms with Gasteiger partial charge in [0.15, 0.2) is 0 Å². The van der Waals surface area contributed by atoms with E-state index in [-0.39, 0.29) is 11.9 Å². The number of likely N-dealkylation sites (tertiary alicyclic amines) is 1. The lowest BCUT2D eigenvalue weighted by atomic mass is 9.96. The fraction of sp³-hybridized carbons (Fsp3) is 1.00. The third kappa shape index (κ3) is 4.37. The first-order valence-electron chi connectivity index (χ1n) is 5.82. The Bertz CT molecular complexity index is 305. The molecule has 1 aliphatic heterocycles. The molecular formula is C10H22N2O3S. The van der Waals surface area contributed by atoms with E-state index in [0.717, 1.165) is 13.0 Å². The number of hydrogen-bond donors (Lipinski definition) is 2. The molecule has 0 aromatic carbocycles. The Kier molecular flexibility index (Phi) is 5.17. The maximum atomic E-state index is 11.2. The van der Waals surface area contributed by atoms with Crippen LogP contribution in [0.5, 0.6) is 0 Å². The summed E-state index contributed by atoms with van der Waals surface area (Å²) in [6, 6.07) is 0. The fourth-order valence-electron chi connectivity index (χ4n) is 1.78. The van der Waals surface area contributed by atoms with Crippen LogP contribution in [0.25, 0.3) is 0 Å². The number of β-amino-alcohol motifs (C(OH)–C–C–N with tert-alkyl or cyclic N) is 1. The number of piperidine rings is 1. The van der Waals surface area contributed by atoms with Gasteiger partial charge in [-0.2, -0.15) is 0 Å². The molecule has 2 N–H and O–H groups in total. The maximum Gasteiger partial charge on any atom is 0.211 e. The van der Waals surface area contributed by atoms with Gasteiger partial charge in [0.25, 0.3) is 0 Å². The van der Waals surface area contributed by atoms with Crippen LogP contribution in [-0.2, 0) is 10.0 Å². The number of nitrogens with one attached hydrogen (secondary N) is 1. The van der Waals surface area contributed by atoms with Gasteiger partial charge in [-0.25, -0.2) is 13.1 Å².